The lowest BCUT2D eigenvalue weighted by Crippen LogP contribution is -2.59. The minimum Gasteiger partial charge on any atom is -0.445 e. The predicted molar refractivity (Wildman–Crippen MR) is 422 cm³/mol. The molecule has 2 aromatic carbocycles. The number of carbonyl (C=O) groups excluding carboxylic acids is 14. The summed E-state index contributed by atoms with van der Waals surface area (Å²) in [6.45, 7) is 17.7. The molecule has 1 unspecified atom stereocenters. The average molecular weight is 1610 g/mol. The van der Waals surface area contributed by atoms with Crippen LogP contribution in [0.5, 0.6) is 0 Å². The number of nitrogens with one attached hydrogen (secondary N) is 7. The van der Waals surface area contributed by atoms with Gasteiger partial charge in [-0.15, -0.1) is 11.8 Å². The zero-order valence-corrected chi connectivity index (χ0v) is 69.3. The van der Waals surface area contributed by atoms with Crippen LogP contribution in [0.3, 0.4) is 0 Å². The summed E-state index contributed by atoms with van der Waals surface area (Å²) in [4.78, 5) is 195. The lowest BCUT2D eigenvalue weighted by Gasteiger charge is -2.41. The zero-order chi connectivity index (χ0) is 84.3. The van der Waals surface area contributed by atoms with Crippen LogP contribution in [0.25, 0.3) is 0 Å². The van der Waals surface area contributed by atoms with Gasteiger partial charge < -0.3 is 82.3 Å². The quantitative estimate of drug-likeness (QED) is 0.0233. The molecule has 14 amide bonds. The second kappa shape index (κ2) is 45.2. The van der Waals surface area contributed by atoms with Gasteiger partial charge in [0.2, 0.25) is 59.1 Å². The summed E-state index contributed by atoms with van der Waals surface area (Å²) in [5.41, 5.74) is 11.5. The van der Waals surface area contributed by atoms with Crippen molar-refractivity contribution in [1.82, 2.24) is 56.4 Å². The van der Waals surface area contributed by atoms with E-state index in [4.69, 9.17) is 30.4 Å². The fourth-order valence-corrected chi connectivity index (χ4v) is 15.8. The molecule has 34 heteroatoms. The number of unbranched alkanes of at least 4 members (excludes halogenated alkanes) is 2. The van der Waals surface area contributed by atoms with E-state index in [1.165, 1.54) is 71.7 Å². The molecule has 2 aromatic rings. The van der Waals surface area contributed by atoms with Crippen molar-refractivity contribution in [1.29, 1.82) is 0 Å². The molecule has 0 aromatic heterocycles. The fourth-order valence-electron chi connectivity index (χ4n) is 14.3. The molecule has 0 spiro atoms. The number of hydrogen-bond donors (Lipinski definition) is 9. The van der Waals surface area contributed by atoms with Crippen LogP contribution >= 0.6 is 11.8 Å². The van der Waals surface area contributed by atoms with Gasteiger partial charge in [0, 0.05) is 97.2 Å². The zero-order valence-electron chi connectivity index (χ0n) is 68.5. The van der Waals surface area contributed by atoms with Crippen LogP contribution in [0.15, 0.2) is 48.5 Å². The highest BCUT2D eigenvalue weighted by atomic mass is 32.2. The van der Waals surface area contributed by atoms with E-state index in [2.05, 4.69) is 37.2 Å². The van der Waals surface area contributed by atoms with Crippen molar-refractivity contribution in [2.24, 2.45) is 46.5 Å². The number of anilines is 1. The van der Waals surface area contributed by atoms with Crippen LogP contribution in [0.1, 0.15) is 169 Å². The Morgan fingerprint density at radius 1 is 0.726 bits per heavy atom. The van der Waals surface area contributed by atoms with E-state index in [-0.39, 0.29) is 143 Å². The molecule has 1 saturated carbocycles. The van der Waals surface area contributed by atoms with Crippen molar-refractivity contribution in [3.05, 3.63) is 65.5 Å². The van der Waals surface area contributed by atoms with Gasteiger partial charge in [-0.2, -0.15) is 0 Å². The topological polar surface area (TPSA) is 428 Å². The number of nitrogens with zero attached hydrogens (tertiary/aromatic N) is 5. The van der Waals surface area contributed by atoms with Gasteiger partial charge in [-0.05, 0) is 131 Å². The van der Waals surface area contributed by atoms with E-state index in [1.54, 1.807) is 71.1 Å². The number of urea groups is 1. The van der Waals surface area contributed by atoms with Gasteiger partial charge in [0.1, 0.15) is 36.7 Å². The van der Waals surface area contributed by atoms with Crippen molar-refractivity contribution >= 4 is 101 Å². The van der Waals surface area contributed by atoms with Crippen LogP contribution in [-0.4, -0.2) is 254 Å². The van der Waals surface area contributed by atoms with Crippen LogP contribution in [0, 0.1) is 40.8 Å². The number of halogens is 1. The third kappa shape index (κ3) is 28.8. The molecule has 0 bridgehead atoms. The third-order valence-corrected chi connectivity index (χ3v) is 22.7. The number of hydrogen-bond acceptors (Lipinski definition) is 20. The first-order chi connectivity index (χ1) is 53.3. The number of ether oxygens (including phenoxy) is 4. The van der Waals surface area contributed by atoms with Gasteiger partial charge in [-0.1, -0.05) is 87.3 Å². The maximum atomic E-state index is 15.1. The van der Waals surface area contributed by atoms with Crippen molar-refractivity contribution in [2.45, 2.75) is 225 Å². The molecule has 630 valence electrons. The van der Waals surface area contributed by atoms with Crippen molar-refractivity contribution in [3.63, 3.8) is 0 Å². The second-order valence-electron chi connectivity index (χ2n) is 31.4. The third-order valence-electron chi connectivity index (χ3n) is 21.2. The Balaban J connectivity index is 1.17. The first-order valence-electron chi connectivity index (χ1n) is 39.1. The van der Waals surface area contributed by atoms with E-state index in [9.17, 15) is 66.7 Å². The highest BCUT2D eigenvalue weighted by molar-refractivity contribution is 8.00. The lowest BCUT2D eigenvalue weighted by atomic mass is 9.89. The Hall–Kier alpha value is -9.02. The van der Waals surface area contributed by atoms with E-state index in [1.807, 2.05) is 41.5 Å². The van der Waals surface area contributed by atoms with E-state index < -0.39 is 137 Å². The summed E-state index contributed by atoms with van der Waals surface area (Å²) < 4.78 is 37.4. The molecule has 0 radical (unpaired) electrons. The molecular weight excluding hydrogens is 1480 g/mol. The first kappa shape index (κ1) is 94.6. The van der Waals surface area contributed by atoms with Crippen LogP contribution in [0.4, 0.5) is 24.5 Å². The van der Waals surface area contributed by atoms with Gasteiger partial charge >= 0.3 is 18.2 Å². The monoisotopic (exact) mass is 1610 g/mol. The van der Waals surface area contributed by atoms with Crippen LogP contribution in [-0.2, 0) is 73.5 Å². The number of likely N-dealkylation sites (N-methyl/N-ethyl adjacent to an activating group) is 3. The highest BCUT2D eigenvalue weighted by Gasteiger charge is 2.49. The number of rotatable bonds is 47. The molecule has 3 aliphatic rings. The molecule has 2 aliphatic heterocycles. The summed E-state index contributed by atoms with van der Waals surface area (Å²) in [6, 6.07) is 4.12. The minimum absolute atomic E-state index is 0.0129. The summed E-state index contributed by atoms with van der Waals surface area (Å²) in [7, 11) is 9.47. The van der Waals surface area contributed by atoms with Crippen molar-refractivity contribution in [3.8, 4) is 0 Å². The summed E-state index contributed by atoms with van der Waals surface area (Å²) in [6.07, 6.45) is -0.515. The maximum absolute atomic E-state index is 15.1. The first-order valence-corrected chi connectivity index (χ1v) is 40.1. The van der Waals surface area contributed by atoms with Crippen LogP contribution in [0.2, 0.25) is 0 Å². The van der Waals surface area contributed by atoms with Gasteiger partial charge in [-0.25, -0.2) is 18.8 Å². The van der Waals surface area contributed by atoms with E-state index in [0.29, 0.717) is 42.7 Å². The molecule has 1 aliphatic carbocycles. The number of Topliss-reactive ketones (excluding diaryl/α,β-unsaturated/α-hetero) is 1. The Morgan fingerprint density at radius 3 is 1.96 bits per heavy atom. The normalized spacial score (nSPS) is 18.5. The van der Waals surface area contributed by atoms with Gasteiger partial charge in [0.15, 0.2) is 5.78 Å². The number of alkyl carbamates (subject to hydrolysis) is 1. The largest absolute Gasteiger partial charge is 0.445 e. The summed E-state index contributed by atoms with van der Waals surface area (Å²) in [5.74, 6) is -6.83. The number of benzene rings is 2. The number of nitrogens with two attached hydrogens (primary N) is 2. The Morgan fingerprint density at radius 2 is 1.38 bits per heavy atom. The predicted octanol–water partition coefficient (Wildman–Crippen LogP) is 5.22. The van der Waals surface area contributed by atoms with Crippen molar-refractivity contribution < 1.29 is 90.5 Å². The smallest absolute Gasteiger partial charge is 0.409 e. The number of ketones is 1. The number of primary amides is 2. The van der Waals surface area contributed by atoms with Crippen LogP contribution < -0.4 is 48.7 Å². The Labute approximate surface area is 667 Å². The molecule has 11 N–H and O–H groups in total. The van der Waals surface area contributed by atoms with E-state index in [0.717, 1.165) is 25.0 Å². The molecule has 2 saturated heterocycles. The summed E-state index contributed by atoms with van der Waals surface area (Å²) in [5, 5.41) is 18.6. The van der Waals surface area contributed by atoms with Gasteiger partial charge in [-0.3, -0.25) is 62.5 Å². The standard InChI is InChI=1S/C79H123FN14O18S/c1-17-48(8)67(92(14)75(105)65(46(4)5)89-73(103)66(47(6)7)90(11)12)58(109-15)39-62(97)94-42-55(38-57(94)69(110-16)49(9)70(100)85-50(10)68(99)52-26-28-53(80)29-27-52)112-78(108)91(13)37-35-84-77(107)111-43-51-24-30-54(31-25-51)86-71(101)56(22-21-34-83-76(82)106)87-72(102)64(45(2)3)88-61(96)23-19-18-20-36-93-63(98)40-59(74(93)104)113-44-79(32-33-79)41-60(81)95/h24-31,45-50,55-59,64-67,69H,17-23,32-44H2,1-16H3,(H2,81,95)(H,84,107)(H,85,100)(H,86,101)(H,87,102)(H,88,96)(H,89,103)(H3,82,83,106)/t48-,49+,50-,55-,56-,57-,58+,59?,64-,65-,66-,67-,69+/m0/s1. The lowest BCUT2D eigenvalue weighted by molar-refractivity contribution is -0.148. The molecule has 113 heavy (non-hydrogen) atoms. The summed E-state index contributed by atoms with van der Waals surface area (Å²) >= 11 is 1.40. The number of thioether (sulfide) groups is 1. The maximum Gasteiger partial charge on any atom is 0.409 e. The van der Waals surface area contributed by atoms with Gasteiger partial charge in [0.25, 0.3) is 0 Å². The minimum atomic E-state index is -1.14. The average Bonchev–Trinajstić information content (AvgIpc) is 1.67. The van der Waals surface area contributed by atoms with Gasteiger partial charge in [0.05, 0.1) is 60.5 Å². The fraction of sp³-hybridized carbons (Fsp3) is 0.671. The SMILES string of the molecule is CC[C@H](C)[C@@H]([C@@H](CC(=O)N1C[C@@H](OC(=O)N(C)CCNC(=O)OCc2ccc(NC(=O)[C@H](CCCNC(N)=O)NC(=O)[C@@H](NC(=O)CCCCCN3C(=O)CC(SCC4(CC(N)=O)CC4)C3=O)C(C)C)cc2)C[C@H]1[C@H](OC)[C@@H](C)C(=O)N[C@@H](C)C(=O)c1ccc(F)cc1)OC)N(C)C(=O)[C@@H](NC(=O)[C@H](C(C)C)N(C)C)C(C)C. The highest BCUT2D eigenvalue weighted by Crippen LogP contribution is 2.52. The molecular formula is C79H123FN14O18S. The van der Waals surface area contributed by atoms with Crippen molar-refractivity contribution in [2.75, 3.05) is 86.2 Å². The number of carbonyl (C=O) groups is 14. The molecule has 2 heterocycles. The Bertz CT molecular complexity index is 3580. The van der Waals surface area contributed by atoms with E-state index >= 15 is 4.79 Å². The number of likely N-dealkylation sites (tertiary alicyclic amines) is 2. The number of amides is 14. The second-order valence-corrected chi connectivity index (χ2v) is 32.6. The number of methoxy groups -OCH3 is 2. The Kier molecular flexibility index (Phi) is 37.8. The molecule has 13 atom stereocenters. The molecule has 32 nitrogen and oxygen atoms in total. The number of imide groups is 1. The molecule has 3 fully saturated rings. The molecule has 5 rings (SSSR count).